The van der Waals surface area contributed by atoms with Crippen LogP contribution >= 0.6 is 0 Å². The standard InChI is InChI=1S/C26H33N3O3/c1-19-15-24(19)25(30)27-23-10-6-9-22(16-23)26(31)29(18-21-7-4-3-5-8-21)20(2)17-28-11-13-32-14-12-28/h3-10,16,19-20,24H,11-15,17-18H2,1-2H3,(H,27,30). The van der Waals surface area contributed by atoms with Gasteiger partial charge in [0.15, 0.2) is 0 Å². The molecule has 0 bridgehead atoms. The van der Waals surface area contributed by atoms with E-state index in [0.29, 0.717) is 23.7 Å². The summed E-state index contributed by atoms with van der Waals surface area (Å²) in [5.74, 6) is 0.564. The molecule has 1 saturated heterocycles. The van der Waals surface area contributed by atoms with Crippen LogP contribution in [0, 0.1) is 11.8 Å². The normalized spacial score (nSPS) is 21.6. The number of amides is 2. The Labute approximate surface area is 190 Å². The lowest BCUT2D eigenvalue weighted by molar-refractivity contribution is -0.117. The van der Waals surface area contributed by atoms with Crippen LogP contribution < -0.4 is 5.32 Å². The summed E-state index contributed by atoms with van der Waals surface area (Å²) in [6, 6.07) is 17.4. The molecule has 6 heteroatoms. The Morgan fingerprint density at radius 1 is 1.12 bits per heavy atom. The van der Waals surface area contributed by atoms with Crippen LogP contribution in [0.2, 0.25) is 0 Å². The predicted octanol–water partition coefficient (Wildman–Crippen LogP) is 3.64. The van der Waals surface area contributed by atoms with Crippen LogP contribution in [0.5, 0.6) is 0 Å². The first-order chi connectivity index (χ1) is 15.5. The molecule has 3 atom stereocenters. The Morgan fingerprint density at radius 3 is 2.53 bits per heavy atom. The minimum Gasteiger partial charge on any atom is -0.379 e. The molecular formula is C26H33N3O3. The molecule has 0 aromatic heterocycles. The van der Waals surface area contributed by atoms with Gasteiger partial charge in [-0.1, -0.05) is 43.3 Å². The number of hydrogen-bond donors (Lipinski definition) is 1. The zero-order valence-electron chi connectivity index (χ0n) is 19.0. The fourth-order valence-corrected chi connectivity index (χ4v) is 4.28. The second kappa shape index (κ2) is 10.3. The summed E-state index contributed by atoms with van der Waals surface area (Å²) in [5.41, 5.74) is 2.37. The summed E-state index contributed by atoms with van der Waals surface area (Å²) in [5, 5.41) is 2.98. The van der Waals surface area contributed by atoms with E-state index < -0.39 is 0 Å². The number of ether oxygens (including phenoxy) is 1. The first-order valence-corrected chi connectivity index (χ1v) is 11.6. The summed E-state index contributed by atoms with van der Waals surface area (Å²) < 4.78 is 5.47. The van der Waals surface area contributed by atoms with Crippen LogP contribution in [0.1, 0.15) is 36.2 Å². The van der Waals surface area contributed by atoms with Gasteiger partial charge in [-0.05, 0) is 43.0 Å². The van der Waals surface area contributed by atoms with Crippen molar-refractivity contribution < 1.29 is 14.3 Å². The third kappa shape index (κ3) is 5.75. The van der Waals surface area contributed by atoms with Gasteiger partial charge in [0.2, 0.25) is 5.91 Å². The van der Waals surface area contributed by atoms with Gasteiger partial charge in [-0.2, -0.15) is 0 Å². The van der Waals surface area contributed by atoms with E-state index >= 15 is 0 Å². The monoisotopic (exact) mass is 435 g/mol. The summed E-state index contributed by atoms with van der Waals surface area (Å²) in [6.07, 6.45) is 0.939. The largest absolute Gasteiger partial charge is 0.379 e. The summed E-state index contributed by atoms with van der Waals surface area (Å²) >= 11 is 0. The molecule has 0 radical (unpaired) electrons. The molecule has 2 amide bonds. The smallest absolute Gasteiger partial charge is 0.254 e. The molecule has 1 aliphatic heterocycles. The van der Waals surface area contributed by atoms with Gasteiger partial charge < -0.3 is 15.0 Å². The van der Waals surface area contributed by atoms with Gasteiger partial charge in [0.05, 0.1) is 13.2 Å². The molecule has 1 aliphatic carbocycles. The second-order valence-electron chi connectivity index (χ2n) is 9.07. The van der Waals surface area contributed by atoms with Crippen LogP contribution in [0.4, 0.5) is 5.69 Å². The van der Waals surface area contributed by atoms with E-state index in [1.807, 2.05) is 41.3 Å². The number of hydrogen-bond acceptors (Lipinski definition) is 4. The maximum atomic E-state index is 13.6. The molecule has 6 nitrogen and oxygen atoms in total. The van der Waals surface area contributed by atoms with Crippen molar-refractivity contribution in [2.24, 2.45) is 11.8 Å². The van der Waals surface area contributed by atoms with Crippen molar-refractivity contribution in [3.05, 3.63) is 65.7 Å². The van der Waals surface area contributed by atoms with Crippen molar-refractivity contribution >= 4 is 17.5 Å². The summed E-state index contributed by atoms with van der Waals surface area (Å²) in [7, 11) is 0. The highest BCUT2D eigenvalue weighted by atomic mass is 16.5. The Kier molecular flexibility index (Phi) is 7.22. The van der Waals surface area contributed by atoms with E-state index in [9.17, 15) is 9.59 Å². The van der Waals surface area contributed by atoms with Crippen LogP contribution in [0.3, 0.4) is 0 Å². The fourth-order valence-electron chi connectivity index (χ4n) is 4.28. The molecule has 1 heterocycles. The van der Waals surface area contributed by atoms with Gasteiger partial charge in [-0.25, -0.2) is 0 Å². The maximum Gasteiger partial charge on any atom is 0.254 e. The Hall–Kier alpha value is -2.70. The first kappa shape index (κ1) is 22.5. The third-order valence-corrected chi connectivity index (χ3v) is 6.44. The lowest BCUT2D eigenvalue weighted by atomic mass is 10.1. The fraction of sp³-hybridized carbons (Fsp3) is 0.462. The van der Waals surface area contributed by atoms with Gasteiger partial charge in [0, 0.05) is 49.4 Å². The van der Waals surface area contributed by atoms with Crippen molar-refractivity contribution in [1.29, 1.82) is 0 Å². The van der Waals surface area contributed by atoms with Gasteiger partial charge >= 0.3 is 0 Å². The van der Waals surface area contributed by atoms with Gasteiger partial charge in [-0.15, -0.1) is 0 Å². The quantitative estimate of drug-likeness (QED) is 0.688. The van der Waals surface area contributed by atoms with Crippen molar-refractivity contribution in [1.82, 2.24) is 9.80 Å². The SMILES string of the molecule is CC1CC1C(=O)Nc1cccc(C(=O)N(Cc2ccccc2)C(C)CN2CCOCC2)c1. The lowest BCUT2D eigenvalue weighted by Gasteiger charge is -2.35. The average Bonchev–Trinajstić information content (AvgIpc) is 3.55. The number of rotatable bonds is 8. The minimum absolute atomic E-state index is 0.0227. The number of carbonyl (C=O) groups is 2. The number of benzene rings is 2. The minimum atomic E-state index is -0.0227. The highest BCUT2D eigenvalue weighted by Crippen LogP contribution is 2.38. The molecule has 1 N–H and O–H groups in total. The Bertz CT molecular complexity index is 927. The van der Waals surface area contributed by atoms with E-state index in [2.05, 4.69) is 36.2 Å². The van der Waals surface area contributed by atoms with Crippen LogP contribution in [0.25, 0.3) is 0 Å². The first-order valence-electron chi connectivity index (χ1n) is 11.6. The van der Waals surface area contributed by atoms with Crippen molar-refractivity contribution in [3.8, 4) is 0 Å². The summed E-state index contributed by atoms with van der Waals surface area (Å²) in [4.78, 5) is 30.3. The molecule has 2 aromatic carbocycles. The summed E-state index contributed by atoms with van der Waals surface area (Å²) in [6.45, 7) is 8.79. The van der Waals surface area contributed by atoms with E-state index in [-0.39, 0.29) is 23.8 Å². The molecule has 4 rings (SSSR count). The Morgan fingerprint density at radius 2 is 1.84 bits per heavy atom. The van der Waals surface area contributed by atoms with Gasteiger partial charge in [0.25, 0.3) is 5.91 Å². The average molecular weight is 436 g/mol. The van der Waals surface area contributed by atoms with E-state index in [1.54, 1.807) is 6.07 Å². The van der Waals surface area contributed by atoms with Crippen molar-refractivity contribution in [2.45, 2.75) is 32.9 Å². The van der Waals surface area contributed by atoms with Gasteiger partial charge in [-0.3, -0.25) is 14.5 Å². The lowest BCUT2D eigenvalue weighted by Crippen LogP contribution is -2.48. The number of carbonyl (C=O) groups excluding carboxylic acids is 2. The van der Waals surface area contributed by atoms with Crippen molar-refractivity contribution in [2.75, 3.05) is 38.2 Å². The van der Waals surface area contributed by atoms with E-state index in [0.717, 1.165) is 44.8 Å². The number of nitrogens with zero attached hydrogens (tertiary/aromatic N) is 2. The number of morpholine rings is 1. The molecule has 1 saturated carbocycles. The molecule has 2 fully saturated rings. The van der Waals surface area contributed by atoms with E-state index in [1.165, 1.54) is 0 Å². The second-order valence-corrected chi connectivity index (χ2v) is 9.07. The molecule has 2 aromatic rings. The molecule has 32 heavy (non-hydrogen) atoms. The highest BCUT2D eigenvalue weighted by molar-refractivity contribution is 5.98. The molecule has 2 aliphatic rings. The van der Waals surface area contributed by atoms with Crippen molar-refractivity contribution in [3.63, 3.8) is 0 Å². The molecule has 170 valence electrons. The van der Waals surface area contributed by atoms with Crippen LogP contribution in [-0.4, -0.2) is 60.5 Å². The zero-order chi connectivity index (χ0) is 22.5. The third-order valence-electron chi connectivity index (χ3n) is 6.44. The topological polar surface area (TPSA) is 61.9 Å². The maximum absolute atomic E-state index is 13.6. The zero-order valence-corrected chi connectivity index (χ0v) is 19.0. The molecular weight excluding hydrogens is 402 g/mol. The van der Waals surface area contributed by atoms with Crippen LogP contribution in [-0.2, 0) is 16.1 Å². The number of nitrogens with one attached hydrogen (secondary N) is 1. The predicted molar refractivity (Wildman–Crippen MR) is 125 cm³/mol. The van der Waals surface area contributed by atoms with Gasteiger partial charge in [0.1, 0.15) is 0 Å². The van der Waals surface area contributed by atoms with Crippen LogP contribution in [0.15, 0.2) is 54.6 Å². The molecule has 3 unspecified atom stereocenters. The number of anilines is 1. The Balaban J connectivity index is 1.50. The molecule has 0 spiro atoms. The van der Waals surface area contributed by atoms with E-state index in [4.69, 9.17) is 4.74 Å². The highest BCUT2D eigenvalue weighted by Gasteiger charge is 2.39.